The summed E-state index contributed by atoms with van der Waals surface area (Å²) in [6, 6.07) is 6.97. The van der Waals surface area contributed by atoms with E-state index in [-0.39, 0.29) is 5.75 Å². The third kappa shape index (κ3) is 5.73. The Morgan fingerprint density at radius 3 is 2.15 bits per heavy atom. The fourth-order valence-electron chi connectivity index (χ4n) is 3.63. The summed E-state index contributed by atoms with van der Waals surface area (Å²) in [6.45, 7) is 3.90. The molecule has 0 saturated heterocycles. The molecule has 0 N–H and O–H groups in total. The second-order valence-electron chi connectivity index (χ2n) is 8.29. The van der Waals surface area contributed by atoms with E-state index in [1.807, 2.05) is 12.1 Å². The smallest absolute Gasteiger partial charge is 0.404 e. The molecule has 0 heterocycles. The van der Waals surface area contributed by atoms with E-state index in [4.69, 9.17) is 4.74 Å². The molecule has 2 rings (SSSR count). The standard InChI is InChI=1S/C22H31F3O2/c1-4-5-6-7-16-8-10-17(11-9-16)18-12-14-19(15-13-18)27-20(26)21(2,3)22(23,24)25/h12-17H,4-11H2,1-3H3. The Labute approximate surface area is 160 Å². The number of unbranched alkanes of at least 4 members (excludes halogenated alkanes) is 2. The summed E-state index contributed by atoms with van der Waals surface area (Å²) in [4.78, 5) is 11.9. The van der Waals surface area contributed by atoms with Gasteiger partial charge in [0.25, 0.3) is 0 Å². The first kappa shape index (κ1) is 21.8. The molecule has 0 aliphatic heterocycles. The minimum Gasteiger partial charge on any atom is -0.426 e. The van der Waals surface area contributed by atoms with Crippen LogP contribution in [0.4, 0.5) is 13.2 Å². The van der Waals surface area contributed by atoms with Crippen LogP contribution >= 0.6 is 0 Å². The van der Waals surface area contributed by atoms with Crippen molar-refractivity contribution in [3.63, 3.8) is 0 Å². The molecule has 5 heteroatoms. The van der Waals surface area contributed by atoms with Crippen LogP contribution in [0.2, 0.25) is 0 Å². The maximum Gasteiger partial charge on any atom is 0.404 e. The van der Waals surface area contributed by atoms with E-state index in [0.29, 0.717) is 5.92 Å². The van der Waals surface area contributed by atoms with Gasteiger partial charge in [-0.05, 0) is 69.1 Å². The van der Waals surface area contributed by atoms with Crippen LogP contribution in [-0.2, 0) is 4.79 Å². The van der Waals surface area contributed by atoms with Crippen molar-refractivity contribution < 1.29 is 22.7 Å². The summed E-state index contributed by atoms with van der Waals surface area (Å²) in [5.74, 6) is 0.200. The monoisotopic (exact) mass is 384 g/mol. The zero-order chi connectivity index (χ0) is 20.1. The highest BCUT2D eigenvalue weighted by molar-refractivity contribution is 5.79. The van der Waals surface area contributed by atoms with Gasteiger partial charge in [-0.15, -0.1) is 0 Å². The molecule has 1 saturated carbocycles. The van der Waals surface area contributed by atoms with Crippen molar-refractivity contribution in [3.8, 4) is 5.75 Å². The van der Waals surface area contributed by atoms with Crippen LogP contribution in [0.25, 0.3) is 0 Å². The second-order valence-corrected chi connectivity index (χ2v) is 8.29. The van der Waals surface area contributed by atoms with Gasteiger partial charge in [0, 0.05) is 0 Å². The van der Waals surface area contributed by atoms with E-state index in [1.54, 1.807) is 12.1 Å². The molecule has 1 aliphatic rings. The van der Waals surface area contributed by atoms with Crippen LogP contribution in [0, 0.1) is 11.3 Å². The number of alkyl halides is 3. The van der Waals surface area contributed by atoms with Crippen molar-refractivity contribution in [1.82, 2.24) is 0 Å². The zero-order valence-electron chi connectivity index (χ0n) is 16.6. The molecular formula is C22H31F3O2. The SMILES string of the molecule is CCCCCC1CCC(c2ccc(OC(=O)C(C)(C)C(F)(F)F)cc2)CC1. The third-order valence-electron chi connectivity index (χ3n) is 5.84. The van der Waals surface area contributed by atoms with E-state index in [9.17, 15) is 18.0 Å². The summed E-state index contributed by atoms with van der Waals surface area (Å²) in [6.07, 6.45) is 5.35. The maximum absolute atomic E-state index is 12.9. The highest BCUT2D eigenvalue weighted by Crippen LogP contribution is 2.40. The van der Waals surface area contributed by atoms with Crippen molar-refractivity contribution >= 4 is 5.97 Å². The van der Waals surface area contributed by atoms with Crippen LogP contribution < -0.4 is 4.74 Å². The molecule has 0 spiro atoms. The normalized spacial score (nSPS) is 21.1. The molecule has 0 bridgehead atoms. The van der Waals surface area contributed by atoms with Crippen molar-refractivity contribution in [2.45, 2.75) is 84.2 Å². The lowest BCUT2D eigenvalue weighted by atomic mass is 9.77. The lowest BCUT2D eigenvalue weighted by Gasteiger charge is -2.29. The van der Waals surface area contributed by atoms with E-state index >= 15 is 0 Å². The van der Waals surface area contributed by atoms with E-state index in [0.717, 1.165) is 32.6 Å². The van der Waals surface area contributed by atoms with Gasteiger partial charge >= 0.3 is 12.1 Å². The first-order valence-corrected chi connectivity index (χ1v) is 10.0. The van der Waals surface area contributed by atoms with Crippen LogP contribution in [0.15, 0.2) is 24.3 Å². The maximum atomic E-state index is 12.9. The number of carbonyl (C=O) groups excluding carboxylic acids is 1. The molecule has 1 aromatic carbocycles. The van der Waals surface area contributed by atoms with Gasteiger partial charge in [0.2, 0.25) is 0 Å². The molecule has 1 fully saturated rings. The third-order valence-corrected chi connectivity index (χ3v) is 5.84. The molecule has 0 atom stereocenters. The molecule has 1 aromatic rings. The second kappa shape index (κ2) is 9.11. The first-order chi connectivity index (χ1) is 12.6. The predicted octanol–water partition coefficient (Wildman–Crippen LogP) is 7.03. The molecule has 0 radical (unpaired) electrons. The highest BCUT2D eigenvalue weighted by atomic mass is 19.4. The topological polar surface area (TPSA) is 26.3 Å². The summed E-state index contributed by atoms with van der Waals surface area (Å²) in [5, 5.41) is 0. The fourth-order valence-corrected chi connectivity index (χ4v) is 3.63. The number of halogens is 3. The lowest BCUT2D eigenvalue weighted by molar-refractivity contribution is -0.219. The Balaban J connectivity index is 1.88. The Morgan fingerprint density at radius 2 is 1.63 bits per heavy atom. The van der Waals surface area contributed by atoms with E-state index in [2.05, 4.69) is 6.92 Å². The quantitative estimate of drug-likeness (QED) is 0.286. The highest BCUT2D eigenvalue weighted by Gasteiger charge is 2.54. The van der Waals surface area contributed by atoms with Gasteiger partial charge in [-0.3, -0.25) is 4.79 Å². The lowest BCUT2D eigenvalue weighted by Crippen LogP contribution is -2.42. The molecule has 0 aromatic heterocycles. The van der Waals surface area contributed by atoms with Gasteiger partial charge in [-0.25, -0.2) is 0 Å². The first-order valence-electron chi connectivity index (χ1n) is 10.0. The summed E-state index contributed by atoms with van der Waals surface area (Å²) in [5.41, 5.74) is -1.35. The van der Waals surface area contributed by atoms with Crippen LogP contribution in [0.3, 0.4) is 0 Å². The number of benzene rings is 1. The summed E-state index contributed by atoms with van der Waals surface area (Å²) in [7, 11) is 0. The minimum atomic E-state index is -4.64. The van der Waals surface area contributed by atoms with Gasteiger partial charge in [0.15, 0.2) is 5.41 Å². The van der Waals surface area contributed by atoms with Crippen molar-refractivity contribution in [3.05, 3.63) is 29.8 Å². The van der Waals surface area contributed by atoms with Crippen molar-refractivity contribution in [2.24, 2.45) is 11.3 Å². The fraction of sp³-hybridized carbons (Fsp3) is 0.682. The van der Waals surface area contributed by atoms with Crippen LogP contribution in [0.1, 0.15) is 83.6 Å². The summed E-state index contributed by atoms with van der Waals surface area (Å²) >= 11 is 0. The molecule has 27 heavy (non-hydrogen) atoms. The number of hydrogen-bond acceptors (Lipinski definition) is 2. The number of rotatable bonds is 7. The Kier molecular flexibility index (Phi) is 7.35. The predicted molar refractivity (Wildman–Crippen MR) is 101 cm³/mol. The van der Waals surface area contributed by atoms with Gasteiger partial charge in [0.1, 0.15) is 5.75 Å². The average Bonchev–Trinajstić information content (AvgIpc) is 2.62. The number of ether oxygens (including phenoxy) is 1. The van der Waals surface area contributed by atoms with E-state index in [1.165, 1.54) is 44.1 Å². The van der Waals surface area contributed by atoms with Crippen LogP contribution in [-0.4, -0.2) is 12.1 Å². The minimum absolute atomic E-state index is 0.161. The van der Waals surface area contributed by atoms with Crippen molar-refractivity contribution in [1.29, 1.82) is 0 Å². The van der Waals surface area contributed by atoms with E-state index < -0.39 is 17.6 Å². The Bertz CT molecular complexity index is 597. The average molecular weight is 384 g/mol. The van der Waals surface area contributed by atoms with Gasteiger partial charge in [0.05, 0.1) is 0 Å². The van der Waals surface area contributed by atoms with Crippen molar-refractivity contribution in [2.75, 3.05) is 0 Å². The Morgan fingerprint density at radius 1 is 1.04 bits per heavy atom. The largest absolute Gasteiger partial charge is 0.426 e. The molecule has 1 aliphatic carbocycles. The molecular weight excluding hydrogens is 353 g/mol. The molecule has 0 amide bonds. The van der Waals surface area contributed by atoms with Gasteiger partial charge in [-0.2, -0.15) is 13.2 Å². The Hall–Kier alpha value is -1.52. The van der Waals surface area contributed by atoms with Gasteiger partial charge in [-0.1, -0.05) is 44.7 Å². The molecule has 2 nitrogen and oxygen atoms in total. The number of esters is 1. The zero-order valence-corrected chi connectivity index (χ0v) is 16.6. The number of hydrogen-bond donors (Lipinski definition) is 0. The summed E-state index contributed by atoms with van der Waals surface area (Å²) < 4.78 is 43.7. The van der Waals surface area contributed by atoms with Gasteiger partial charge < -0.3 is 4.74 Å². The molecule has 152 valence electrons. The molecule has 0 unspecified atom stereocenters. The van der Waals surface area contributed by atoms with Crippen LogP contribution in [0.5, 0.6) is 5.75 Å². The number of carbonyl (C=O) groups is 1.